The summed E-state index contributed by atoms with van der Waals surface area (Å²) in [4.78, 5) is 0. The maximum Gasteiger partial charge on any atom is 0.172 e. The van der Waals surface area contributed by atoms with E-state index in [1.807, 2.05) is 18.2 Å². The second-order valence-corrected chi connectivity index (χ2v) is 5.28. The van der Waals surface area contributed by atoms with Crippen LogP contribution in [0.2, 0.25) is 0 Å². The molecule has 1 aromatic carbocycles. The summed E-state index contributed by atoms with van der Waals surface area (Å²) in [5.41, 5.74) is 0.961. The second-order valence-electron chi connectivity index (χ2n) is 5.28. The van der Waals surface area contributed by atoms with Crippen LogP contribution < -0.4 is 14.8 Å². The van der Waals surface area contributed by atoms with Crippen LogP contribution in [0.5, 0.6) is 11.5 Å². The molecule has 0 spiro atoms. The average molecular weight is 286 g/mol. The van der Waals surface area contributed by atoms with E-state index in [2.05, 4.69) is 27.0 Å². The van der Waals surface area contributed by atoms with Gasteiger partial charge in [-0.3, -0.25) is 0 Å². The van der Waals surface area contributed by atoms with Crippen molar-refractivity contribution in [3.63, 3.8) is 0 Å². The van der Waals surface area contributed by atoms with Crippen molar-refractivity contribution in [2.24, 2.45) is 0 Å². The molecule has 1 atom stereocenters. The minimum atomic E-state index is 0.275. The van der Waals surface area contributed by atoms with Gasteiger partial charge in [-0.05, 0) is 18.6 Å². The summed E-state index contributed by atoms with van der Waals surface area (Å²) in [6.07, 6.45) is 1.00. The summed E-state index contributed by atoms with van der Waals surface area (Å²) >= 11 is 0. The quantitative estimate of drug-likeness (QED) is 0.911. The largest absolute Gasteiger partial charge is 0.486 e. The lowest BCUT2D eigenvalue weighted by Crippen LogP contribution is -2.33. The molecule has 0 amide bonds. The third-order valence-electron chi connectivity index (χ3n) is 4.03. The third-order valence-corrected chi connectivity index (χ3v) is 4.03. The van der Waals surface area contributed by atoms with Gasteiger partial charge >= 0.3 is 0 Å². The van der Waals surface area contributed by atoms with E-state index in [1.54, 1.807) is 0 Å². The van der Waals surface area contributed by atoms with Gasteiger partial charge < -0.3 is 19.4 Å². The molecule has 2 aliphatic rings. The van der Waals surface area contributed by atoms with Gasteiger partial charge in [-0.2, -0.15) is 0 Å². The Labute approximate surface area is 123 Å². The first kappa shape index (κ1) is 12.6. The van der Waals surface area contributed by atoms with Crippen LogP contribution in [0.15, 0.2) is 18.2 Å². The maximum absolute atomic E-state index is 5.80. The molecule has 0 aliphatic carbocycles. The number of nitrogens with one attached hydrogen (secondary N) is 1. The monoisotopic (exact) mass is 286 g/mol. The van der Waals surface area contributed by atoms with Gasteiger partial charge in [0.2, 0.25) is 0 Å². The van der Waals surface area contributed by atoms with Crippen LogP contribution in [0.25, 0.3) is 11.4 Å². The molecule has 2 aliphatic heterocycles. The molecule has 3 heterocycles. The van der Waals surface area contributed by atoms with Crippen molar-refractivity contribution < 1.29 is 9.47 Å². The molecule has 21 heavy (non-hydrogen) atoms. The second kappa shape index (κ2) is 5.04. The summed E-state index contributed by atoms with van der Waals surface area (Å²) in [6.45, 7) is 5.13. The van der Waals surface area contributed by atoms with Crippen molar-refractivity contribution in [2.75, 3.05) is 19.8 Å². The topological polar surface area (TPSA) is 61.2 Å². The molecule has 110 valence electrons. The van der Waals surface area contributed by atoms with Gasteiger partial charge in [-0.25, -0.2) is 0 Å². The van der Waals surface area contributed by atoms with Crippen LogP contribution in [0.1, 0.15) is 25.2 Å². The van der Waals surface area contributed by atoms with E-state index < -0.39 is 0 Å². The SMILES string of the molecule is CCC1NCCn2c(-c3cccc4c3OCCO4)nnc21. The Morgan fingerprint density at radius 1 is 1.29 bits per heavy atom. The number of para-hydroxylation sites is 1. The Morgan fingerprint density at radius 2 is 2.19 bits per heavy atom. The summed E-state index contributed by atoms with van der Waals surface area (Å²) in [6, 6.07) is 6.20. The first-order valence-corrected chi connectivity index (χ1v) is 7.44. The highest BCUT2D eigenvalue weighted by Crippen LogP contribution is 2.39. The Balaban J connectivity index is 1.83. The van der Waals surface area contributed by atoms with Crippen LogP contribution in [-0.4, -0.2) is 34.5 Å². The minimum Gasteiger partial charge on any atom is -0.486 e. The molecule has 1 N–H and O–H groups in total. The fourth-order valence-electron chi connectivity index (χ4n) is 3.01. The number of aromatic nitrogens is 3. The molecular weight excluding hydrogens is 268 g/mol. The van der Waals surface area contributed by atoms with Crippen LogP contribution in [0.3, 0.4) is 0 Å². The summed E-state index contributed by atoms with van der Waals surface area (Å²) in [7, 11) is 0. The molecule has 0 fully saturated rings. The third kappa shape index (κ3) is 1.98. The standard InChI is InChI=1S/C15H18N4O2/c1-2-11-15-18-17-14(19(15)7-6-16-11)10-4-3-5-12-13(10)21-9-8-20-12/h3-5,11,16H,2,6-9H2,1H3. The molecule has 0 bridgehead atoms. The number of nitrogens with zero attached hydrogens (tertiary/aromatic N) is 3. The lowest BCUT2D eigenvalue weighted by molar-refractivity contribution is 0.172. The number of fused-ring (bicyclic) bond motifs is 2. The molecule has 1 aromatic heterocycles. The fraction of sp³-hybridized carbons (Fsp3) is 0.467. The predicted molar refractivity (Wildman–Crippen MR) is 77.5 cm³/mol. The molecule has 1 unspecified atom stereocenters. The Morgan fingerprint density at radius 3 is 3.10 bits per heavy atom. The van der Waals surface area contributed by atoms with Crippen molar-refractivity contribution in [3.8, 4) is 22.9 Å². The highest BCUT2D eigenvalue weighted by molar-refractivity contribution is 5.69. The predicted octanol–water partition coefficient (Wildman–Crippen LogP) is 1.77. The molecule has 0 saturated heterocycles. The van der Waals surface area contributed by atoms with Crippen LogP contribution >= 0.6 is 0 Å². The van der Waals surface area contributed by atoms with E-state index in [-0.39, 0.29) is 6.04 Å². The molecule has 2 aromatic rings. The van der Waals surface area contributed by atoms with Crippen LogP contribution in [-0.2, 0) is 6.54 Å². The van der Waals surface area contributed by atoms with Crippen molar-refractivity contribution in [3.05, 3.63) is 24.0 Å². The smallest absolute Gasteiger partial charge is 0.172 e. The molecule has 4 rings (SSSR count). The molecule has 6 nitrogen and oxygen atoms in total. The van der Waals surface area contributed by atoms with E-state index in [0.717, 1.165) is 48.2 Å². The van der Waals surface area contributed by atoms with E-state index in [1.165, 1.54) is 0 Å². The van der Waals surface area contributed by atoms with Crippen molar-refractivity contribution >= 4 is 0 Å². The van der Waals surface area contributed by atoms with E-state index in [4.69, 9.17) is 9.47 Å². The number of rotatable bonds is 2. The minimum absolute atomic E-state index is 0.275. The first-order valence-electron chi connectivity index (χ1n) is 7.44. The Bertz CT molecular complexity index is 668. The zero-order chi connectivity index (χ0) is 14.2. The van der Waals surface area contributed by atoms with Gasteiger partial charge in [0, 0.05) is 13.1 Å². The number of hydrogen-bond donors (Lipinski definition) is 1. The van der Waals surface area contributed by atoms with E-state index >= 15 is 0 Å². The Kier molecular flexibility index (Phi) is 3.03. The van der Waals surface area contributed by atoms with Crippen molar-refractivity contribution in [2.45, 2.75) is 25.9 Å². The summed E-state index contributed by atoms with van der Waals surface area (Å²) in [5.74, 6) is 3.45. The molecule has 0 saturated carbocycles. The summed E-state index contributed by atoms with van der Waals surface area (Å²) < 4.78 is 13.6. The Hall–Kier alpha value is -2.08. The van der Waals surface area contributed by atoms with Gasteiger partial charge in [0.25, 0.3) is 0 Å². The molecule has 0 radical (unpaired) electrons. The maximum atomic E-state index is 5.80. The fourth-order valence-corrected chi connectivity index (χ4v) is 3.01. The van der Waals surface area contributed by atoms with E-state index in [0.29, 0.717) is 13.2 Å². The van der Waals surface area contributed by atoms with E-state index in [9.17, 15) is 0 Å². The normalized spacial score (nSPS) is 20.1. The zero-order valence-electron chi connectivity index (χ0n) is 12.0. The molecule has 6 heteroatoms. The highest BCUT2D eigenvalue weighted by Gasteiger charge is 2.27. The lowest BCUT2D eigenvalue weighted by Gasteiger charge is -2.25. The van der Waals surface area contributed by atoms with Gasteiger partial charge in [0.05, 0.1) is 11.6 Å². The van der Waals surface area contributed by atoms with Crippen molar-refractivity contribution in [1.82, 2.24) is 20.1 Å². The number of benzene rings is 1. The molecular formula is C15H18N4O2. The zero-order valence-corrected chi connectivity index (χ0v) is 12.0. The number of hydrogen-bond acceptors (Lipinski definition) is 5. The van der Waals surface area contributed by atoms with Crippen LogP contribution in [0.4, 0.5) is 0 Å². The lowest BCUT2D eigenvalue weighted by atomic mass is 10.1. The summed E-state index contributed by atoms with van der Waals surface area (Å²) in [5, 5.41) is 12.3. The van der Waals surface area contributed by atoms with Crippen LogP contribution in [0, 0.1) is 0 Å². The van der Waals surface area contributed by atoms with Gasteiger partial charge in [-0.1, -0.05) is 13.0 Å². The van der Waals surface area contributed by atoms with Gasteiger partial charge in [0.1, 0.15) is 13.2 Å². The highest BCUT2D eigenvalue weighted by atomic mass is 16.6. The number of ether oxygens (including phenoxy) is 2. The van der Waals surface area contributed by atoms with Gasteiger partial charge in [0.15, 0.2) is 23.1 Å². The van der Waals surface area contributed by atoms with Gasteiger partial charge in [-0.15, -0.1) is 10.2 Å². The first-order chi connectivity index (χ1) is 10.4. The van der Waals surface area contributed by atoms with Crippen molar-refractivity contribution in [1.29, 1.82) is 0 Å². The average Bonchev–Trinajstić information content (AvgIpc) is 2.98.